The van der Waals surface area contributed by atoms with Crippen molar-refractivity contribution < 1.29 is 8.42 Å². The van der Waals surface area contributed by atoms with Gasteiger partial charge in [0.1, 0.15) is 0 Å². The summed E-state index contributed by atoms with van der Waals surface area (Å²) in [6, 6.07) is 14.1. The summed E-state index contributed by atoms with van der Waals surface area (Å²) >= 11 is 3.33. The van der Waals surface area contributed by atoms with Crippen LogP contribution in [-0.4, -0.2) is 8.42 Å². The van der Waals surface area contributed by atoms with Gasteiger partial charge in [-0.15, -0.1) is 0 Å². The molecular formula is C12H8BrClO2S. The predicted molar refractivity (Wildman–Crippen MR) is 72.6 cm³/mol. The third-order valence-electron chi connectivity index (χ3n) is 2.30. The van der Waals surface area contributed by atoms with Gasteiger partial charge in [-0.2, -0.15) is 0 Å². The molecule has 0 fully saturated rings. The second-order valence-corrected chi connectivity index (χ2v) is 6.89. The monoisotopic (exact) mass is 330 g/mol. The van der Waals surface area contributed by atoms with Crippen molar-refractivity contribution in [2.45, 2.75) is 4.90 Å². The first-order valence-electron chi connectivity index (χ1n) is 4.78. The quantitative estimate of drug-likeness (QED) is 0.778. The summed E-state index contributed by atoms with van der Waals surface area (Å²) in [5.41, 5.74) is 1.42. The molecule has 0 aliphatic carbocycles. The van der Waals surface area contributed by atoms with Crippen LogP contribution in [0.5, 0.6) is 0 Å². The Hall–Kier alpha value is -0.840. The molecule has 0 spiro atoms. The minimum atomic E-state index is -3.73. The molecule has 2 rings (SSSR count). The van der Waals surface area contributed by atoms with Gasteiger partial charge >= 0.3 is 0 Å². The molecule has 0 saturated carbocycles. The van der Waals surface area contributed by atoms with E-state index in [9.17, 15) is 8.42 Å². The van der Waals surface area contributed by atoms with Crippen LogP contribution in [0.1, 0.15) is 0 Å². The Kier molecular flexibility index (Phi) is 3.56. The first-order chi connectivity index (χ1) is 7.98. The summed E-state index contributed by atoms with van der Waals surface area (Å²) < 4.78 is 23.8. The van der Waals surface area contributed by atoms with Crippen LogP contribution in [0, 0.1) is 0 Å². The fraction of sp³-hybridized carbons (Fsp3) is 0. The Labute approximate surface area is 113 Å². The molecule has 2 aromatic carbocycles. The van der Waals surface area contributed by atoms with Crippen molar-refractivity contribution in [2.75, 3.05) is 0 Å². The van der Waals surface area contributed by atoms with Crippen LogP contribution in [0.2, 0.25) is 0 Å². The molecule has 0 saturated heterocycles. The number of halogens is 2. The average molecular weight is 332 g/mol. The molecule has 0 unspecified atom stereocenters. The maximum Gasteiger partial charge on any atom is 0.261 e. The first kappa shape index (κ1) is 12.6. The topological polar surface area (TPSA) is 34.1 Å². The minimum Gasteiger partial charge on any atom is -0.207 e. The van der Waals surface area contributed by atoms with Gasteiger partial charge in [-0.1, -0.05) is 46.3 Å². The normalized spacial score (nSPS) is 11.4. The van der Waals surface area contributed by atoms with Gasteiger partial charge in [0.05, 0.1) is 4.90 Å². The Bertz CT molecular complexity index is 636. The minimum absolute atomic E-state index is 0.129. The van der Waals surface area contributed by atoms with Crippen molar-refractivity contribution >= 4 is 35.7 Å². The Balaban J connectivity index is 2.64. The van der Waals surface area contributed by atoms with E-state index in [1.807, 2.05) is 24.3 Å². The zero-order valence-corrected chi connectivity index (χ0v) is 11.8. The van der Waals surface area contributed by atoms with E-state index in [1.54, 1.807) is 18.2 Å². The van der Waals surface area contributed by atoms with Gasteiger partial charge in [-0.05, 0) is 23.8 Å². The molecule has 0 aromatic heterocycles. The van der Waals surface area contributed by atoms with Gasteiger partial charge in [0.15, 0.2) is 0 Å². The summed E-state index contributed by atoms with van der Waals surface area (Å²) in [6.45, 7) is 0. The maximum atomic E-state index is 11.5. The zero-order valence-electron chi connectivity index (χ0n) is 8.60. The Morgan fingerprint density at radius 2 is 1.53 bits per heavy atom. The Morgan fingerprint density at radius 3 is 2.12 bits per heavy atom. The van der Waals surface area contributed by atoms with E-state index in [4.69, 9.17) is 10.7 Å². The second-order valence-electron chi connectivity index (χ2n) is 3.44. The Morgan fingerprint density at radius 1 is 0.941 bits per heavy atom. The van der Waals surface area contributed by atoms with E-state index < -0.39 is 9.05 Å². The highest BCUT2D eigenvalue weighted by atomic mass is 79.9. The van der Waals surface area contributed by atoms with Crippen LogP contribution < -0.4 is 0 Å². The van der Waals surface area contributed by atoms with Gasteiger partial charge in [0, 0.05) is 20.7 Å². The zero-order chi connectivity index (χ0) is 12.5. The van der Waals surface area contributed by atoms with Crippen LogP contribution in [0.4, 0.5) is 0 Å². The molecule has 0 amide bonds. The summed E-state index contributed by atoms with van der Waals surface area (Å²) in [4.78, 5) is 0.129. The predicted octanol–water partition coefficient (Wildman–Crippen LogP) is 4.04. The van der Waals surface area contributed by atoms with E-state index in [-0.39, 0.29) is 4.90 Å². The van der Waals surface area contributed by atoms with E-state index in [0.29, 0.717) is 5.56 Å². The summed E-state index contributed by atoms with van der Waals surface area (Å²) in [6.07, 6.45) is 0. The maximum absolute atomic E-state index is 11.5. The molecule has 2 nitrogen and oxygen atoms in total. The molecule has 2 aromatic rings. The molecule has 0 N–H and O–H groups in total. The molecule has 0 radical (unpaired) electrons. The van der Waals surface area contributed by atoms with Crippen molar-refractivity contribution in [3.8, 4) is 11.1 Å². The van der Waals surface area contributed by atoms with E-state index in [1.165, 1.54) is 6.07 Å². The van der Waals surface area contributed by atoms with Crippen molar-refractivity contribution in [1.29, 1.82) is 0 Å². The lowest BCUT2D eigenvalue weighted by atomic mass is 10.1. The fourth-order valence-electron chi connectivity index (χ4n) is 1.55. The van der Waals surface area contributed by atoms with E-state index in [0.717, 1.165) is 10.0 Å². The van der Waals surface area contributed by atoms with Crippen molar-refractivity contribution in [2.24, 2.45) is 0 Å². The van der Waals surface area contributed by atoms with Crippen molar-refractivity contribution in [1.82, 2.24) is 0 Å². The molecule has 88 valence electrons. The second kappa shape index (κ2) is 4.80. The standard InChI is InChI=1S/C12H8BrClO2S/c13-10-7-5-9(6-8-10)11-3-1-2-4-12(11)17(14,15)16/h1-8H. The fourth-order valence-corrected chi connectivity index (χ4v) is 2.90. The molecule has 17 heavy (non-hydrogen) atoms. The van der Waals surface area contributed by atoms with Crippen LogP contribution in [0.3, 0.4) is 0 Å². The van der Waals surface area contributed by atoms with Crippen molar-refractivity contribution in [3.63, 3.8) is 0 Å². The smallest absolute Gasteiger partial charge is 0.207 e. The van der Waals surface area contributed by atoms with Crippen LogP contribution in [0.25, 0.3) is 11.1 Å². The van der Waals surface area contributed by atoms with Gasteiger partial charge in [0.2, 0.25) is 0 Å². The third-order valence-corrected chi connectivity index (χ3v) is 4.21. The van der Waals surface area contributed by atoms with Crippen LogP contribution >= 0.6 is 26.6 Å². The third kappa shape index (κ3) is 2.89. The molecule has 0 atom stereocenters. The van der Waals surface area contributed by atoms with Crippen LogP contribution in [0.15, 0.2) is 57.9 Å². The summed E-state index contributed by atoms with van der Waals surface area (Å²) in [7, 11) is 1.68. The molecule has 0 aliphatic rings. The van der Waals surface area contributed by atoms with Crippen LogP contribution in [-0.2, 0) is 9.05 Å². The first-order valence-corrected chi connectivity index (χ1v) is 7.88. The molecular weight excluding hydrogens is 324 g/mol. The highest BCUT2D eigenvalue weighted by Gasteiger charge is 2.15. The number of hydrogen-bond acceptors (Lipinski definition) is 2. The molecule has 0 aliphatic heterocycles. The average Bonchev–Trinajstić information content (AvgIpc) is 2.29. The summed E-state index contributed by atoms with van der Waals surface area (Å²) in [5.74, 6) is 0. The van der Waals surface area contributed by atoms with E-state index >= 15 is 0 Å². The molecule has 0 bridgehead atoms. The highest BCUT2D eigenvalue weighted by molar-refractivity contribution is 9.10. The number of rotatable bonds is 2. The number of hydrogen-bond donors (Lipinski definition) is 0. The molecule has 0 heterocycles. The van der Waals surface area contributed by atoms with Gasteiger partial charge < -0.3 is 0 Å². The highest BCUT2D eigenvalue weighted by Crippen LogP contribution is 2.30. The lowest BCUT2D eigenvalue weighted by Crippen LogP contribution is -1.94. The molecule has 5 heteroatoms. The lowest BCUT2D eigenvalue weighted by Gasteiger charge is -2.06. The van der Waals surface area contributed by atoms with Gasteiger partial charge in [0.25, 0.3) is 9.05 Å². The van der Waals surface area contributed by atoms with E-state index in [2.05, 4.69) is 15.9 Å². The van der Waals surface area contributed by atoms with Gasteiger partial charge in [-0.25, -0.2) is 8.42 Å². The largest absolute Gasteiger partial charge is 0.261 e. The van der Waals surface area contributed by atoms with Gasteiger partial charge in [-0.3, -0.25) is 0 Å². The SMILES string of the molecule is O=S(=O)(Cl)c1ccccc1-c1ccc(Br)cc1. The van der Waals surface area contributed by atoms with Crippen molar-refractivity contribution in [3.05, 3.63) is 53.0 Å². The lowest BCUT2D eigenvalue weighted by molar-refractivity contribution is 0.610. The number of benzene rings is 2. The summed E-state index contributed by atoms with van der Waals surface area (Å²) in [5, 5.41) is 0.